The standard InChI is InChI=1S/C75H61N5/c1-41-21-45(5)72(46(6)22-41)55-13-17-66-61(32-55)62-33-56(73-47(7)23-42(2)24-48(73)8)14-18-67(62)79(66)70-36-60(59-30-53(38-76)29-54(31-59)39-77)37-71(65(70)40-78)80-68-19-15-57(74-49(9)25-43(3)26-50(74)10)34-63(68)64-35-58(16-20-69(64)80)75-51(11)27-44(4)28-52(75)12/h13-37H,1-12H3. The fourth-order valence-corrected chi connectivity index (χ4v) is 13.9. The number of hydrogen-bond donors (Lipinski definition) is 0. The molecule has 0 aliphatic rings. The van der Waals surface area contributed by atoms with Crippen LogP contribution >= 0.6 is 0 Å². The van der Waals surface area contributed by atoms with E-state index in [0.29, 0.717) is 33.6 Å². The third kappa shape index (κ3) is 8.36. The summed E-state index contributed by atoms with van der Waals surface area (Å²) in [7, 11) is 0. The van der Waals surface area contributed by atoms with Gasteiger partial charge in [-0.05, 0) is 262 Å². The molecule has 10 aromatic carbocycles. The van der Waals surface area contributed by atoms with Gasteiger partial charge in [-0.15, -0.1) is 0 Å². The van der Waals surface area contributed by atoms with Crippen LogP contribution in [0, 0.1) is 117 Å². The first-order valence-corrected chi connectivity index (χ1v) is 27.5. The Labute approximate surface area is 469 Å². The molecule has 0 aliphatic carbocycles. The van der Waals surface area contributed by atoms with Crippen molar-refractivity contribution >= 4 is 43.6 Å². The van der Waals surface area contributed by atoms with Gasteiger partial charge in [0.25, 0.3) is 0 Å². The number of rotatable bonds is 7. The molecule has 0 unspecified atom stereocenters. The van der Waals surface area contributed by atoms with Gasteiger partial charge >= 0.3 is 0 Å². The first-order valence-electron chi connectivity index (χ1n) is 27.5. The third-order valence-electron chi connectivity index (χ3n) is 16.6. The lowest BCUT2D eigenvalue weighted by atomic mass is 9.91. The van der Waals surface area contributed by atoms with Crippen LogP contribution in [0.1, 0.15) is 83.5 Å². The van der Waals surface area contributed by atoms with E-state index in [1.807, 2.05) is 12.1 Å². The molecule has 2 heterocycles. The van der Waals surface area contributed by atoms with Crippen LogP contribution < -0.4 is 0 Å². The molecular weight excluding hydrogens is 971 g/mol. The SMILES string of the molecule is Cc1cc(C)c(-c2ccc3c(c2)c2cc(-c4c(C)cc(C)cc4C)ccc2n3-c2cc(-c3cc(C#N)cc(C#N)c3)cc(-n3c4ccc(-c5c(C)cc(C)cc5C)cc4c4cc(-c5c(C)cc(C)cc5C)ccc43)c2C#N)c(C)c1. The minimum Gasteiger partial charge on any atom is -0.308 e. The van der Waals surface area contributed by atoms with Gasteiger partial charge in [-0.2, -0.15) is 15.8 Å². The first-order chi connectivity index (χ1) is 38.4. The minimum absolute atomic E-state index is 0.382. The van der Waals surface area contributed by atoms with E-state index in [1.54, 1.807) is 6.07 Å². The quantitative estimate of drug-likeness (QED) is 0.159. The average Bonchev–Trinajstić information content (AvgIpc) is 3.39. The summed E-state index contributed by atoms with van der Waals surface area (Å²) >= 11 is 0. The predicted molar refractivity (Wildman–Crippen MR) is 333 cm³/mol. The molecule has 12 aromatic rings. The zero-order valence-electron chi connectivity index (χ0n) is 47.7. The molecule has 5 nitrogen and oxygen atoms in total. The van der Waals surface area contributed by atoms with Crippen molar-refractivity contribution in [1.82, 2.24) is 9.13 Å². The van der Waals surface area contributed by atoms with E-state index in [1.165, 1.54) is 89.0 Å². The van der Waals surface area contributed by atoms with Gasteiger partial charge in [-0.1, -0.05) is 95.1 Å². The summed E-state index contributed by atoms with van der Waals surface area (Å²) in [6.07, 6.45) is 0. The van der Waals surface area contributed by atoms with Crippen molar-refractivity contribution in [1.29, 1.82) is 15.8 Å². The lowest BCUT2D eigenvalue weighted by molar-refractivity contribution is 1.12. The lowest BCUT2D eigenvalue weighted by Gasteiger charge is -2.19. The van der Waals surface area contributed by atoms with E-state index in [-0.39, 0.29) is 0 Å². The van der Waals surface area contributed by atoms with Crippen LogP contribution in [0.3, 0.4) is 0 Å². The lowest BCUT2D eigenvalue weighted by Crippen LogP contribution is -2.05. The van der Waals surface area contributed by atoms with E-state index in [2.05, 4.69) is 244 Å². The van der Waals surface area contributed by atoms with E-state index < -0.39 is 0 Å². The van der Waals surface area contributed by atoms with Crippen molar-refractivity contribution in [3.05, 3.63) is 235 Å². The number of nitrogens with zero attached hydrogens (tertiary/aromatic N) is 5. The fourth-order valence-electron chi connectivity index (χ4n) is 13.9. The minimum atomic E-state index is 0.382. The highest BCUT2D eigenvalue weighted by Crippen LogP contribution is 2.45. The van der Waals surface area contributed by atoms with E-state index in [4.69, 9.17) is 0 Å². The Morgan fingerprint density at radius 1 is 0.263 bits per heavy atom. The molecule has 0 saturated carbocycles. The van der Waals surface area contributed by atoms with Gasteiger partial charge in [0, 0.05) is 21.5 Å². The molecule has 0 spiro atoms. The van der Waals surface area contributed by atoms with Gasteiger partial charge in [-0.25, -0.2) is 0 Å². The zero-order chi connectivity index (χ0) is 56.2. The van der Waals surface area contributed by atoms with Gasteiger partial charge in [0.2, 0.25) is 0 Å². The second kappa shape index (κ2) is 19.3. The monoisotopic (exact) mass is 1030 g/mol. The summed E-state index contributed by atoms with van der Waals surface area (Å²) in [6, 6.07) is 62.1. The molecule has 386 valence electrons. The summed E-state index contributed by atoms with van der Waals surface area (Å²) in [6.45, 7) is 26.2. The normalized spacial score (nSPS) is 11.5. The van der Waals surface area contributed by atoms with E-state index in [9.17, 15) is 15.8 Å². The molecule has 0 bridgehead atoms. The molecule has 0 N–H and O–H groups in total. The van der Waals surface area contributed by atoms with Gasteiger partial charge in [-0.3, -0.25) is 0 Å². The highest BCUT2D eigenvalue weighted by atomic mass is 15.0. The topological polar surface area (TPSA) is 81.2 Å². The van der Waals surface area contributed by atoms with Crippen LogP contribution in [0.25, 0.3) is 111 Å². The Bertz CT molecular complexity index is 4200. The fraction of sp³-hybridized carbons (Fsp3) is 0.160. The number of benzene rings is 10. The summed E-state index contributed by atoms with van der Waals surface area (Å²) < 4.78 is 4.53. The summed E-state index contributed by atoms with van der Waals surface area (Å²) in [5, 5.41) is 37.1. The molecule has 2 aromatic heterocycles. The van der Waals surface area contributed by atoms with Crippen LogP contribution in [-0.2, 0) is 0 Å². The van der Waals surface area contributed by atoms with Crippen molar-refractivity contribution in [3.8, 4) is 85.2 Å². The van der Waals surface area contributed by atoms with Crippen molar-refractivity contribution in [2.24, 2.45) is 0 Å². The molecular formula is C75H61N5. The molecule has 0 saturated heterocycles. The molecule has 0 amide bonds. The Morgan fingerprint density at radius 3 is 0.750 bits per heavy atom. The molecule has 0 radical (unpaired) electrons. The highest BCUT2D eigenvalue weighted by molar-refractivity contribution is 6.14. The van der Waals surface area contributed by atoms with Crippen molar-refractivity contribution in [3.63, 3.8) is 0 Å². The van der Waals surface area contributed by atoms with Crippen LogP contribution in [0.4, 0.5) is 0 Å². The molecule has 80 heavy (non-hydrogen) atoms. The smallest absolute Gasteiger partial charge is 0.104 e. The summed E-state index contributed by atoms with van der Waals surface area (Å²) in [5.41, 5.74) is 31.9. The van der Waals surface area contributed by atoms with Gasteiger partial charge in [0.05, 0.1) is 56.7 Å². The van der Waals surface area contributed by atoms with Gasteiger partial charge < -0.3 is 9.13 Å². The Kier molecular flexibility index (Phi) is 12.3. The summed E-state index contributed by atoms with van der Waals surface area (Å²) in [5.74, 6) is 0. The Morgan fingerprint density at radius 2 is 0.512 bits per heavy atom. The first kappa shape index (κ1) is 51.1. The van der Waals surface area contributed by atoms with Gasteiger partial charge in [0.15, 0.2) is 0 Å². The largest absolute Gasteiger partial charge is 0.308 e. The van der Waals surface area contributed by atoms with E-state index >= 15 is 0 Å². The maximum Gasteiger partial charge on any atom is 0.104 e. The van der Waals surface area contributed by atoms with Crippen LogP contribution in [0.2, 0.25) is 0 Å². The number of aryl methyl sites for hydroxylation is 12. The zero-order valence-corrected chi connectivity index (χ0v) is 47.7. The Hall–Kier alpha value is -9.73. The average molecular weight is 1030 g/mol. The summed E-state index contributed by atoms with van der Waals surface area (Å²) in [4.78, 5) is 0. The van der Waals surface area contributed by atoms with Crippen LogP contribution in [-0.4, -0.2) is 9.13 Å². The molecule has 5 heteroatoms. The van der Waals surface area contributed by atoms with Crippen molar-refractivity contribution < 1.29 is 0 Å². The maximum absolute atomic E-state index is 12.1. The Balaban J connectivity index is 1.22. The molecule has 0 aliphatic heterocycles. The second-order valence-corrected chi connectivity index (χ2v) is 22.7. The predicted octanol–water partition coefficient (Wildman–Crippen LogP) is 19.5. The number of aromatic nitrogens is 2. The van der Waals surface area contributed by atoms with Crippen LogP contribution in [0.5, 0.6) is 0 Å². The van der Waals surface area contributed by atoms with Crippen molar-refractivity contribution in [2.75, 3.05) is 0 Å². The molecule has 0 atom stereocenters. The number of nitriles is 3. The number of fused-ring (bicyclic) bond motifs is 6. The molecule has 0 fully saturated rings. The van der Waals surface area contributed by atoms with Gasteiger partial charge in [0.1, 0.15) is 11.6 Å². The molecule has 12 rings (SSSR count). The van der Waals surface area contributed by atoms with Crippen molar-refractivity contribution in [2.45, 2.75) is 83.1 Å². The van der Waals surface area contributed by atoms with Crippen LogP contribution in [0.15, 0.2) is 152 Å². The maximum atomic E-state index is 12.1. The van der Waals surface area contributed by atoms with E-state index in [0.717, 1.165) is 71.4 Å². The number of hydrogen-bond acceptors (Lipinski definition) is 3. The highest BCUT2D eigenvalue weighted by Gasteiger charge is 2.25. The second-order valence-electron chi connectivity index (χ2n) is 22.7. The third-order valence-corrected chi connectivity index (χ3v) is 16.6.